The molecule has 1 aromatic heterocycles. The van der Waals surface area contributed by atoms with Gasteiger partial charge in [-0.2, -0.15) is 0 Å². The molecule has 170 valence electrons. The predicted octanol–water partition coefficient (Wildman–Crippen LogP) is 0.213. The zero-order valence-corrected chi connectivity index (χ0v) is 20.1. The van der Waals surface area contributed by atoms with Gasteiger partial charge in [-0.1, -0.05) is 34.5 Å². The summed E-state index contributed by atoms with van der Waals surface area (Å²) in [7, 11) is 8.11. The van der Waals surface area contributed by atoms with E-state index in [4.69, 9.17) is 4.74 Å². The molecule has 8 heteroatoms. The largest absolute Gasteiger partial charge is 1.00 e. The van der Waals surface area contributed by atoms with E-state index in [1.165, 1.54) is 0 Å². The summed E-state index contributed by atoms with van der Waals surface area (Å²) in [6.45, 7) is 3.01. The van der Waals surface area contributed by atoms with Crippen molar-refractivity contribution in [2.45, 2.75) is 13.5 Å². The van der Waals surface area contributed by atoms with Gasteiger partial charge in [0.15, 0.2) is 19.0 Å². The second kappa shape index (κ2) is 12.0. The highest BCUT2D eigenvalue weighted by atomic mass is 35.5. The molecular formula is C24H31ClN6O. The summed E-state index contributed by atoms with van der Waals surface area (Å²) in [5.74, 6) is 0.837. The van der Waals surface area contributed by atoms with Crippen LogP contribution in [0.2, 0.25) is 0 Å². The number of aromatic nitrogens is 2. The molecule has 3 aromatic rings. The van der Waals surface area contributed by atoms with Crippen molar-refractivity contribution in [3.63, 3.8) is 0 Å². The number of ether oxygens (including phenoxy) is 1. The van der Waals surface area contributed by atoms with Crippen LogP contribution in [0.15, 0.2) is 71.1 Å². The van der Waals surface area contributed by atoms with E-state index in [9.17, 15) is 0 Å². The highest BCUT2D eigenvalue weighted by Gasteiger charge is 2.17. The van der Waals surface area contributed by atoms with Gasteiger partial charge < -0.3 is 26.9 Å². The van der Waals surface area contributed by atoms with E-state index in [2.05, 4.69) is 44.3 Å². The van der Waals surface area contributed by atoms with Crippen molar-refractivity contribution in [2.24, 2.45) is 10.2 Å². The van der Waals surface area contributed by atoms with E-state index in [-0.39, 0.29) is 12.4 Å². The number of hydrogen-bond donors (Lipinski definition) is 0. The number of halogens is 1. The molecule has 7 nitrogen and oxygen atoms in total. The summed E-state index contributed by atoms with van der Waals surface area (Å²) in [6, 6.07) is 16.5. The number of imidazole rings is 1. The fraction of sp³-hybridized carbons (Fsp3) is 0.292. The van der Waals surface area contributed by atoms with E-state index < -0.39 is 0 Å². The van der Waals surface area contributed by atoms with Gasteiger partial charge in [-0.3, -0.25) is 0 Å². The lowest BCUT2D eigenvalue weighted by Crippen LogP contribution is -3.00. The van der Waals surface area contributed by atoms with Crippen LogP contribution in [0.4, 0.5) is 11.4 Å². The average Bonchev–Trinajstić information content (AvgIpc) is 3.16. The molecule has 2 aromatic carbocycles. The van der Waals surface area contributed by atoms with Crippen molar-refractivity contribution in [1.29, 1.82) is 0 Å². The van der Waals surface area contributed by atoms with E-state index >= 15 is 0 Å². The molecule has 0 bridgehead atoms. The highest BCUT2D eigenvalue weighted by molar-refractivity contribution is 5.80. The number of benzene rings is 2. The molecule has 0 unspecified atom stereocenters. The molecule has 0 aliphatic heterocycles. The average molecular weight is 455 g/mol. The molecule has 1 heterocycles. The first kappa shape index (κ1) is 25.1. The Labute approximate surface area is 196 Å². The van der Waals surface area contributed by atoms with Crippen LogP contribution in [0.5, 0.6) is 0 Å². The molecule has 3 rings (SSSR count). The maximum atomic E-state index is 5.65. The standard InChI is InChI=1S/C24H31N6O.ClH/c1-6-31-19-24-29(25-17-20-7-11-22(12-8-20)27(2)3)15-16-30(24)26-18-21-9-13-23(14-10-21)28(4)5;/h7-18H,6,19H2,1-5H3;1H/q+1;/p-1/b25-17+,26-18+;. The van der Waals surface area contributed by atoms with Crippen LogP contribution in [0.1, 0.15) is 23.9 Å². The fourth-order valence-corrected chi connectivity index (χ4v) is 2.91. The van der Waals surface area contributed by atoms with Crippen LogP contribution in [-0.4, -0.2) is 51.9 Å². The van der Waals surface area contributed by atoms with Crippen LogP contribution in [0.25, 0.3) is 0 Å². The highest BCUT2D eigenvalue weighted by Crippen LogP contribution is 2.12. The number of rotatable bonds is 9. The zero-order chi connectivity index (χ0) is 22.2. The second-order valence-electron chi connectivity index (χ2n) is 7.50. The van der Waals surface area contributed by atoms with Crippen molar-refractivity contribution in [3.05, 3.63) is 77.9 Å². The summed E-state index contributed by atoms with van der Waals surface area (Å²) in [5, 5.41) is 9.22. The summed E-state index contributed by atoms with van der Waals surface area (Å²) in [5.41, 5.74) is 4.36. The SMILES string of the molecule is CCOCc1n(/N=C/c2ccc(N(C)C)cc2)cc[n+]1/N=C/c1ccc(N(C)C)cc1.[Cl-]. The minimum Gasteiger partial charge on any atom is -1.00 e. The Hall–Kier alpha value is -3.16. The Bertz CT molecular complexity index is 945. The molecule has 0 aliphatic carbocycles. The minimum atomic E-state index is 0. The minimum absolute atomic E-state index is 0. The van der Waals surface area contributed by atoms with E-state index in [1.54, 1.807) is 9.35 Å². The van der Waals surface area contributed by atoms with Crippen LogP contribution >= 0.6 is 0 Å². The molecule has 32 heavy (non-hydrogen) atoms. The number of nitrogens with zero attached hydrogens (tertiary/aromatic N) is 6. The first-order valence-electron chi connectivity index (χ1n) is 10.3. The van der Waals surface area contributed by atoms with Crippen LogP contribution < -0.4 is 26.9 Å². The first-order chi connectivity index (χ1) is 15.0. The molecule has 0 saturated carbocycles. The number of hydrogen-bond acceptors (Lipinski definition) is 5. The van der Waals surface area contributed by atoms with Crippen LogP contribution in [-0.2, 0) is 11.3 Å². The molecular weight excluding hydrogens is 424 g/mol. The lowest BCUT2D eigenvalue weighted by atomic mass is 10.2. The molecule has 0 atom stereocenters. The smallest absolute Gasteiger partial charge is 0.333 e. The molecule has 0 radical (unpaired) electrons. The Balaban J connectivity index is 0.00000363. The predicted molar refractivity (Wildman–Crippen MR) is 127 cm³/mol. The lowest BCUT2D eigenvalue weighted by molar-refractivity contribution is -0.687. The van der Waals surface area contributed by atoms with Gasteiger partial charge in [0.2, 0.25) is 0 Å². The summed E-state index contributed by atoms with van der Waals surface area (Å²) in [6.07, 6.45) is 7.43. The topological polar surface area (TPSA) is 49.2 Å². The lowest BCUT2D eigenvalue weighted by Gasteiger charge is -2.11. The van der Waals surface area contributed by atoms with Crippen molar-refractivity contribution in [2.75, 3.05) is 44.6 Å². The molecule has 0 amide bonds. The van der Waals surface area contributed by atoms with E-state index in [1.807, 2.05) is 84.2 Å². The van der Waals surface area contributed by atoms with E-state index in [0.29, 0.717) is 13.2 Å². The first-order valence-corrected chi connectivity index (χ1v) is 10.3. The monoisotopic (exact) mass is 454 g/mol. The van der Waals surface area contributed by atoms with Gasteiger partial charge in [0.1, 0.15) is 0 Å². The molecule has 0 N–H and O–H groups in total. The van der Waals surface area contributed by atoms with Gasteiger partial charge >= 0.3 is 5.82 Å². The zero-order valence-electron chi connectivity index (χ0n) is 19.3. The maximum absolute atomic E-state index is 5.65. The van der Waals surface area contributed by atoms with Crippen molar-refractivity contribution in [3.8, 4) is 0 Å². The van der Waals surface area contributed by atoms with Gasteiger partial charge in [0.25, 0.3) is 0 Å². The third kappa shape index (κ3) is 6.67. The maximum Gasteiger partial charge on any atom is 0.333 e. The molecule has 0 spiro atoms. The third-order valence-corrected chi connectivity index (χ3v) is 4.79. The Morgan fingerprint density at radius 3 is 1.91 bits per heavy atom. The van der Waals surface area contributed by atoms with Gasteiger partial charge in [0.05, 0.1) is 12.4 Å². The summed E-state index contributed by atoms with van der Waals surface area (Å²) in [4.78, 5) is 4.14. The normalized spacial score (nSPS) is 11.2. The molecule has 0 fully saturated rings. The summed E-state index contributed by atoms with van der Waals surface area (Å²) < 4.78 is 9.23. The van der Waals surface area contributed by atoms with Gasteiger partial charge in [0, 0.05) is 46.2 Å². The molecule has 0 saturated heterocycles. The van der Waals surface area contributed by atoms with Gasteiger partial charge in [-0.05, 0) is 42.3 Å². The Morgan fingerprint density at radius 2 is 1.41 bits per heavy atom. The van der Waals surface area contributed by atoms with E-state index in [0.717, 1.165) is 28.3 Å². The fourth-order valence-electron chi connectivity index (χ4n) is 2.91. The Morgan fingerprint density at radius 1 is 0.875 bits per heavy atom. The van der Waals surface area contributed by atoms with Crippen molar-refractivity contribution < 1.29 is 21.8 Å². The summed E-state index contributed by atoms with van der Waals surface area (Å²) >= 11 is 0. The number of anilines is 2. The van der Waals surface area contributed by atoms with Crippen molar-refractivity contribution in [1.82, 2.24) is 4.68 Å². The van der Waals surface area contributed by atoms with Crippen molar-refractivity contribution >= 4 is 23.8 Å². The van der Waals surface area contributed by atoms with Gasteiger partial charge in [-0.25, -0.2) is 0 Å². The molecule has 0 aliphatic rings. The van der Waals surface area contributed by atoms with Gasteiger partial charge in [-0.15, -0.1) is 9.35 Å². The van der Waals surface area contributed by atoms with Crippen LogP contribution in [0.3, 0.4) is 0 Å². The Kier molecular flexibility index (Phi) is 9.43. The quantitative estimate of drug-likeness (QED) is 0.343. The second-order valence-corrected chi connectivity index (χ2v) is 7.50. The third-order valence-electron chi connectivity index (χ3n) is 4.79. The van der Waals surface area contributed by atoms with Crippen LogP contribution in [0, 0.1) is 0 Å².